The Morgan fingerprint density at radius 2 is 1.73 bits per heavy atom. The van der Waals surface area contributed by atoms with Crippen molar-refractivity contribution in [2.45, 2.75) is 69.5 Å². The van der Waals surface area contributed by atoms with Crippen molar-refractivity contribution in [3.63, 3.8) is 0 Å². The lowest BCUT2D eigenvalue weighted by Gasteiger charge is -2.24. The zero-order valence-corrected chi connectivity index (χ0v) is 18.7. The average Bonchev–Trinajstić information content (AvgIpc) is 2.98. The average molecular weight is 496 g/mol. The second-order valence-corrected chi connectivity index (χ2v) is 10.7. The first-order chi connectivity index (χ1) is 12.1. The van der Waals surface area contributed by atoms with Crippen LogP contribution in [0.15, 0.2) is 4.99 Å². The number of halogens is 1. The molecule has 0 spiro atoms. The van der Waals surface area contributed by atoms with E-state index >= 15 is 0 Å². The van der Waals surface area contributed by atoms with Gasteiger partial charge in [-0.2, -0.15) is 0 Å². The number of likely N-dealkylation sites (tertiary alicyclic amines) is 1. The molecule has 2 aliphatic carbocycles. The molecule has 0 aromatic heterocycles. The van der Waals surface area contributed by atoms with Gasteiger partial charge in [-0.05, 0) is 44.4 Å². The fourth-order valence-electron chi connectivity index (χ4n) is 4.49. The van der Waals surface area contributed by atoms with Gasteiger partial charge in [-0.25, -0.2) is 8.42 Å². The molecule has 2 unspecified atom stereocenters. The first-order valence-electron chi connectivity index (χ1n) is 10.1. The maximum absolute atomic E-state index is 11.6. The minimum absolute atomic E-state index is 0. The van der Waals surface area contributed by atoms with Crippen LogP contribution in [0.3, 0.4) is 0 Å². The van der Waals surface area contributed by atoms with Gasteiger partial charge in [0.1, 0.15) is 0 Å². The van der Waals surface area contributed by atoms with E-state index in [1.54, 1.807) is 0 Å². The first kappa shape index (κ1) is 20.6. The molecule has 2 saturated heterocycles. The summed E-state index contributed by atoms with van der Waals surface area (Å²) in [6.07, 6.45) is 9.89. The summed E-state index contributed by atoms with van der Waals surface area (Å²) in [7, 11) is -2.81. The van der Waals surface area contributed by atoms with E-state index in [-0.39, 0.29) is 29.9 Å². The number of hydrogen-bond acceptors (Lipinski definition) is 4. The fourth-order valence-corrected chi connectivity index (χ4v) is 6.34. The van der Waals surface area contributed by atoms with Gasteiger partial charge in [0.15, 0.2) is 15.8 Å². The molecule has 2 N–H and O–H groups in total. The minimum atomic E-state index is -2.81. The van der Waals surface area contributed by atoms with Crippen LogP contribution in [-0.2, 0) is 9.84 Å². The third-order valence-electron chi connectivity index (χ3n) is 6.15. The third-order valence-corrected chi connectivity index (χ3v) is 7.99. The molecule has 6 nitrogen and oxygen atoms in total. The molecule has 0 amide bonds. The quantitative estimate of drug-likeness (QED) is 0.345. The normalized spacial score (nSPS) is 32.5. The SMILES string of the molecule is I.O=S1(=O)CCC(CN=C(NC2CC2)NC2CCN(C3CCCC3)C2)C1. The van der Waals surface area contributed by atoms with Crippen LogP contribution >= 0.6 is 24.0 Å². The lowest BCUT2D eigenvalue weighted by Crippen LogP contribution is -2.46. The topological polar surface area (TPSA) is 73.8 Å². The molecule has 4 fully saturated rings. The second-order valence-electron chi connectivity index (χ2n) is 8.44. The van der Waals surface area contributed by atoms with Gasteiger partial charge in [0.05, 0.1) is 11.5 Å². The molecule has 26 heavy (non-hydrogen) atoms. The first-order valence-corrected chi connectivity index (χ1v) is 11.9. The minimum Gasteiger partial charge on any atom is -0.354 e. The highest BCUT2D eigenvalue weighted by atomic mass is 127. The van der Waals surface area contributed by atoms with E-state index < -0.39 is 9.84 Å². The summed E-state index contributed by atoms with van der Waals surface area (Å²) in [5.41, 5.74) is 0. The highest BCUT2D eigenvalue weighted by Gasteiger charge is 2.32. The van der Waals surface area contributed by atoms with Gasteiger partial charge in [-0.3, -0.25) is 9.89 Å². The van der Waals surface area contributed by atoms with Gasteiger partial charge in [0, 0.05) is 37.8 Å². The molecule has 0 bridgehead atoms. The number of hydrogen-bond donors (Lipinski definition) is 2. The van der Waals surface area contributed by atoms with Crippen molar-refractivity contribution in [1.29, 1.82) is 0 Å². The number of guanidine groups is 1. The van der Waals surface area contributed by atoms with Crippen molar-refractivity contribution in [2.24, 2.45) is 10.9 Å². The number of sulfone groups is 1. The van der Waals surface area contributed by atoms with Crippen LogP contribution in [0.25, 0.3) is 0 Å². The van der Waals surface area contributed by atoms with Gasteiger partial charge >= 0.3 is 0 Å². The Hall–Kier alpha value is -0.0900. The van der Waals surface area contributed by atoms with E-state index in [1.165, 1.54) is 51.5 Å². The van der Waals surface area contributed by atoms with Crippen LogP contribution in [0.1, 0.15) is 51.4 Å². The van der Waals surface area contributed by atoms with E-state index in [0.717, 1.165) is 25.0 Å². The Labute approximate surface area is 174 Å². The van der Waals surface area contributed by atoms with Crippen molar-refractivity contribution in [3.05, 3.63) is 0 Å². The van der Waals surface area contributed by atoms with Crippen LogP contribution in [-0.4, -0.2) is 68.5 Å². The zero-order valence-electron chi connectivity index (χ0n) is 15.5. The van der Waals surface area contributed by atoms with Crippen LogP contribution in [0, 0.1) is 5.92 Å². The van der Waals surface area contributed by atoms with E-state index in [9.17, 15) is 8.42 Å². The van der Waals surface area contributed by atoms with Gasteiger partial charge in [-0.1, -0.05) is 12.8 Å². The maximum atomic E-state index is 11.6. The third kappa shape index (κ3) is 5.70. The molecule has 8 heteroatoms. The Bertz CT molecular complexity index is 602. The largest absolute Gasteiger partial charge is 0.354 e. The standard InChI is InChI=1S/C18H32N4O2S.HI/c23-25(24)10-8-14(13-25)11-19-18(20-15-5-6-15)21-16-7-9-22(12-16)17-3-1-2-4-17;/h14-17H,1-13H2,(H2,19,20,21);1H. The lowest BCUT2D eigenvalue weighted by molar-refractivity contribution is 0.242. The van der Waals surface area contributed by atoms with Gasteiger partial charge in [-0.15, -0.1) is 24.0 Å². The molecule has 2 saturated carbocycles. The summed E-state index contributed by atoms with van der Waals surface area (Å²) in [6.45, 7) is 2.94. The number of aliphatic imine (C=N–C) groups is 1. The molecule has 4 aliphatic rings. The molecule has 2 heterocycles. The summed E-state index contributed by atoms with van der Waals surface area (Å²) in [5, 5.41) is 7.15. The molecule has 2 aliphatic heterocycles. The molecular weight excluding hydrogens is 463 g/mol. The van der Waals surface area contributed by atoms with E-state index in [4.69, 9.17) is 4.99 Å². The molecule has 150 valence electrons. The Balaban J connectivity index is 0.00000196. The highest BCUT2D eigenvalue weighted by Crippen LogP contribution is 2.26. The zero-order chi connectivity index (χ0) is 17.3. The molecule has 0 aromatic carbocycles. The molecule has 2 atom stereocenters. The monoisotopic (exact) mass is 496 g/mol. The number of rotatable bonds is 5. The Morgan fingerprint density at radius 3 is 2.38 bits per heavy atom. The van der Waals surface area contributed by atoms with E-state index in [2.05, 4.69) is 15.5 Å². The summed E-state index contributed by atoms with van der Waals surface area (Å²) in [5.74, 6) is 1.75. The van der Waals surface area contributed by atoms with Crippen molar-refractivity contribution in [1.82, 2.24) is 15.5 Å². The van der Waals surface area contributed by atoms with Crippen molar-refractivity contribution < 1.29 is 8.42 Å². The van der Waals surface area contributed by atoms with E-state index in [1.807, 2.05) is 0 Å². The summed E-state index contributed by atoms with van der Waals surface area (Å²) in [6, 6.07) is 1.83. The lowest BCUT2D eigenvalue weighted by atomic mass is 10.1. The summed E-state index contributed by atoms with van der Waals surface area (Å²) in [4.78, 5) is 7.40. The molecule has 0 aromatic rings. The van der Waals surface area contributed by atoms with Crippen LogP contribution in [0.4, 0.5) is 0 Å². The number of nitrogens with one attached hydrogen (secondary N) is 2. The van der Waals surface area contributed by atoms with Crippen LogP contribution < -0.4 is 10.6 Å². The van der Waals surface area contributed by atoms with E-state index in [0.29, 0.717) is 30.1 Å². The Morgan fingerprint density at radius 1 is 1.00 bits per heavy atom. The second kappa shape index (κ2) is 8.94. The highest BCUT2D eigenvalue weighted by molar-refractivity contribution is 14.0. The fraction of sp³-hybridized carbons (Fsp3) is 0.944. The smallest absolute Gasteiger partial charge is 0.191 e. The van der Waals surface area contributed by atoms with Crippen LogP contribution in [0.5, 0.6) is 0 Å². The maximum Gasteiger partial charge on any atom is 0.191 e. The van der Waals surface area contributed by atoms with Gasteiger partial charge in [0.2, 0.25) is 0 Å². The Kier molecular flexibility index (Phi) is 7.10. The molecular formula is C18H33IN4O2S. The van der Waals surface area contributed by atoms with Gasteiger partial charge in [0.25, 0.3) is 0 Å². The van der Waals surface area contributed by atoms with Crippen molar-refractivity contribution in [2.75, 3.05) is 31.1 Å². The van der Waals surface area contributed by atoms with Crippen molar-refractivity contribution in [3.8, 4) is 0 Å². The van der Waals surface area contributed by atoms with Crippen molar-refractivity contribution >= 4 is 39.8 Å². The predicted molar refractivity (Wildman–Crippen MR) is 116 cm³/mol. The number of nitrogens with zero attached hydrogens (tertiary/aromatic N) is 2. The van der Waals surface area contributed by atoms with Crippen LogP contribution in [0.2, 0.25) is 0 Å². The predicted octanol–water partition coefficient (Wildman–Crippen LogP) is 1.75. The summed E-state index contributed by atoms with van der Waals surface area (Å²) < 4.78 is 23.3. The molecule has 0 radical (unpaired) electrons. The summed E-state index contributed by atoms with van der Waals surface area (Å²) >= 11 is 0. The molecule has 4 rings (SSSR count). The van der Waals surface area contributed by atoms with Gasteiger partial charge < -0.3 is 10.6 Å².